The van der Waals surface area contributed by atoms with E-state index >= 15 is 0 Å². The molecule has 51 atom stereocenters. The van der Waals surface area contributed by atoms with Crippen LogP contribution in [0.5, 0.6) is 0 Å². The summed E-state index contributed by atoms with van der Waals surface area (Å²) in [4.78, 5) is 37.6. The normalized spacial score (nSPS) is 55.6. The molecule has 30 nitrogen and oxygen atoms in total. The predicted octanol–water partition coefficient (Wildman–Crippen LogP) is 1.74. The average Bonchev–Trinajstić information content (AvgIpc) is 1.60. The maximum atomic E-state index is 12.5. The van der Waals surface area contributed by atoms with E-state index in [-0.39, 0.29) is 130 Å². The largest absolute Gasteiger partial charge is 3.00 e. The van der Waals surface area contributed by atoms with Gasteiger partial charge in [0.15, 0.2) is 0 Å². The van der Waals surface area contributed by atoms with E-state index in [9.17, 15) is 29.7 Å². The fraction of sp³-hybridized carbons (Fsp3) is 0.970. The number of carboxylic acid groups (broad SMARTS) is 3. The van der Waals surface area contributed by atoms with Crippen LogP contribution in [0.15, 0.2) is 0 Å². The van der Waals surface area contributed by atoms with Gasteiger partial charge in [0.2, 0.25) is 0 Å². The minimum absolute atomic E-state index is 0. The van der Waals surface area contributed by atoms with Gasteiger partial charge in [0.25, 0.3) is 0 Å². The maximum absolute atomic E-state index is 12.5. The van der Waals surface area contributed by atoms with E-state index in [1.165, 1.54) is 231 Å². The van der Waals surface area contributed by atoms with Crippen molar-refractivity contribution in [2.45, 2.75) is 437 Å². The summed E-state index contributed by atoms with van der Waals surface area (Å²) in [5.74, 6) is 8.49. The second-order valence-corrected chi connectivity index (χ2v) is 48.3. The van der Waals surface area contributed by atoms with Crippen molar-refractivity contribution in [1.29, 1.82) is 0 Å². The number of carbonyl (C=O) groups excluding carboxylic acids is 3. The summed E-state index contributed by atoms with van der Waals surface area (Å²) in [6.45, 7) is 0. The molecule has 0 aromatic carbocycles. The molecule has 15 aliphatic heterocycles. The molecular weight excluding hydrogens is 1810 g/mol. The molecule has 51 unspecified atom stereocenters. The van der Waals surface area contributed by atoms with E-state index in [0.29, 0.717) is 180 Å². The number of fused-ring (bicyclic) bond motifs is 60. The summed E-state index contributed by atoms with van der Waals surface area (Å²) in [6.07, 6.45) is 60.4. The molecule has 27 fully saturated rings. The molecule has 12 aliphatic carbocycles. The quantitative estimate of drug-likeness (QED) is 0.191. The molecule has 0 radical (unpaired) electrons. The van der Waals surface area contributed by atoms with Crippen LogP contribution in [0, 0.1) is 160 Å². The van der Waals surface area contributed by atoms with Crippen LogP contribution in [-0.4, -0.2) is 166 Å². The minimum atomic E-state index is -0.857. The Morgan fingerprint density at radius 2 is 0.223 bits per heavy atom. The van der Waals surface area contributed by atoms with Crippen LogP contribution >= 0.6 is 0 Å². The number of hydrogen-bond donors (Lipinski definition) is 24. The second kappa shape index (κ2) is 38.5. The van der Waals surface area contributed by atoms with Crippen LogP contribution in [0.3, 0.4) is 0 Å². The third kappa shape index (κ3) is 16.8. The van der Waals surface area contributed by atoms with Crippen LogP contribution in [0.4, 0.5) is 0 Å². The van der Waals surface area contributed by atoms with Crippen molar-refractivity contribution in [3.05, 3.63) is 0 Å². The molecule has 12 saturated carbocycles. The van der Waals surface area contributed by atoms with Crippen molar-refractivity contribution in [2.24, 2.45) is 160 Å². The Bertz CT molecular complexity index is 3530. The van der Waals surface area contributed by atoms with Gasteiger partial charge in [-0.1, -0.05) is 135 Å². The van der Waals surface area contributed by atoms with Gasteiger partial charge in [0.05, 0.1) is 148 Å². The summed E-state index contributed by atoms with van der Waals surface area (Å²) in [5.41, 5.74) is 0. The Kier molecular flexibility index (Phi) is 26.8. The first-order valence-electron chi connectivity index (χ1n) is 55.2. The van der Waals surface area contributed by atoms with Gasteiger partial charge >= 0.3 is 20.1 Å². The zero-order chi connectivity index (χ0) is 86.0. The maximum Gasteiger partial charge on any atom is 3.00 e. The Morgan fingerprint density at radius 3 is 0.331 bits per heavy atom. The van der Waals surface area contributed by atoms with Crippen molar-refractivity contribution in [2.75, 3.05) is 0 Å². The molecule has 0 aromatic rings. The number of aliphatic carboxylic acids is 3. The first-order chi connectivity index (χ1) is 63.4. The molecular formula is C99H165IrN24O6. The SMILES string of the molecule is O=C([O-])C1CCCC2C3NC4NC(NC5NC(NC6NC(NC(N3)C12)C1CCCCC61)C1CCCCC51)C1CCCCC41.O=C([O-])C1CCCC2C3NC4NC(NC5NC(NC6NC(NC(N3)C12)C1CCCCC61)C1CCCCC51)C1CCCCC41.O=C([O-])C1CCCC2C3NC4NC(NC5NC(NC6NC(NC(N3)C12)C1CCCCC61)C1CCCCC51)C1CCCCC41.[Ir+3]. The predicted molar refractivity (Wildman–Crippen MR) is 483 cm³/mol. The topological polar surface area (TPSA) is 409 Å². The van der Waals surface area contributed by atoms with E-state index in [1.807, 2.05) is 0 Å². The number of carbonyl (C=O) groups is 3. The van der Waals surface area contributed by atoms with Crippen LogP contribution in [0.2, 0.25) is 0 Å². The number of carboxylic acids is 3. The zero-order valence-corrected chi connectivity index (χ0v) is 79.9. The Morgan fingerprint density at radius 1 is 0.131 bits per heavy atom. The van der Waals surface area contributed by atoms with Gasteiger partial charge in [-0.05, 0) is 278 Å². The molecule has 0 aromatic heterocycles. The molecule has 31 heteroatoms. The molecule has 27 rings (SSSR count). The molecule has 0 spiro atoms. The molecule has 24 N–H and O–H groups in total. The summed E-state index contributed by atoms with van der Waals surface area (Å²) in [5, 5.41) is 136. The van der Waals surface area contributed by atoms with Gasteiger partial charge in [-0.15, -0.1) is 0 Å². The van der Waals surface area contributed by atoms with Gasteiger partial charge < -0.3 is 29.7 Å². The van der Waals surface area contributed by atoms with Gasteiger partial charge in [0, 0.05) is 53.4 Å². The number of hydrogen-bond acceptors (Lipinski definition) is 30. The Balaban J connectivity index is 0.000000108. The van der Waals surface area contributed by atoms with E-state index in [0.717, 1.165) is 57.8 Å². The van der Waals surface area contributed by atoms with Crippen molar-refractivity contribution in [3.8, 4) is 0 Å². The molecule has 24 bridgehead atoms. The molecule has 130 heavy (non-hydrogen) atoms. The standard InChI is InChI=1S/3C33H56N8O2.Ir/c3*42-33(43)23-15-7-14-22-24(23)32-40-30-21-13-6-5-12-20(21)28(38-30)36-26-17-9-2-1-8-16(17)25(34-26)35-27-18-10-3-4-11-19(18)29(37-27)39-31(22)41-32;/h3*16-32,34-41H,1-15H2,(H,42,43);/q;;;+3/p-3. The van der Waals surface area contributed by atoms with E-state index in [2.05, 4.69) is 128 Å². The van der Waals surface area contributed by atoms with E-state index in [1.54, 1.807) is 0 Å². The minimum Gasteiger partial charge on any atom is -0.550 e. The molecule has 15 saturated heterocycles. The van der Waals surface area contributed by atoms with E-state index in [4.69, 9.17) is 0 Å². The Hall–Kier alpha value is -1.90. The Labute approximate surface area is 787 Å². The van der Waals surface area contributed by atoms with Crippen molar-refractivity contribution >= 4 is 17.9 Å². The van der Waals surface area contributed by atoms with Gasteiger partial charge in [-0.25, -0.2) is 0 Å². The first kappa shape index (κ1) is 90.6. The van der Waals surface area contributed by atoms with E-state index < -0.39 is 35.7 Å². The van der Waals surface area contributed by atoms with Crippen molar-refractivity contribution in [1.82, 2.24) is 128 Å². The molecule has 15 heterocycles. The number of nitrogens with one attached hydrogen (secondary N) is 24. The third-order valence-corrected chi connectivity index (χ3v) is 42.6. The van der Waals surface area contributed by atoms with Gasteiger partial charge in [-0.2, -0.15) is 0 Å². The zero-order valence-electron chi connectivity index (χ0n) is 77.5. The smallest absolute Gasteiger partial charge is 0.550 e. The van der Waals surface area contributed by atoms with Crippen molar-refractivity contribution < 1.29 is 49.8 Å². The van der Waals surface area contributed by atoms with Crippen LogP contribution in [-0.2, 0) is 34.5 Å². The molecule has 27 aliphatic rings. The average molecular weight is 1980 g/mol. The summed E-state index contributed by atoms with van der Waals surface area (Å²) in [6, 6.07) is 0. The summed E-state index contributed by atoms with van der Waals surface area (Å²) < 4.78 is 0. The van der Waals surface area contributed by atoms with Crippen LogP contribution < -0.4 is 143 Å². The summed E-state index contributed by atoms with van der Waals surface area (Å²) in [7, 11) is 0. The third-order valence-electron chi connectivity index (χ3n) is 42.6. The molecule has 726 valence electrons. The second-order valence-electron chi connectivity index (χ2n) is 48.3. The number of rotatable bonds is 3. The van der Waals surface area contributed by atoms with Gasteiger partial charge in [0.1, 0.15) is 0 Å². The van der Waals surface area contributed by atoms with Gasteiger partial charge in [-0.3, -0.25) is 128 Å². The molecule has 0 amide bonds. The summed E-state index contributed by atoms with van der Waals surface area (Å²) >= 11 is 0. The van der Waals surface area contributed by atoms with Crippen molar-refractivity contribution in [3.63, 3.8) is 0 Å². The van der Waals surface area contributed by atoms with Crippen LogP contribution in [0.25, 0.3) is 0 Å². The van der Waals surface area contributed by atoms with Crippen LogP contribution in [0.1, 0.15) is 289 Å². The first-order valence-corrected chi connectivity index (χ1v) is 55.2. The monoisotopic (exact) mass is 1980 g/mol. The fourth-order valence-electron chi connectivity index (χ4n) is 37.0. The fourth-order valence-corrected chi connectivity index (χ4v) is 37.0.